The van der Waals surface area contributed by atoms with E-state index in [1.165, 1.54) is 11.3 Å². The first kappa shape index (κ1) is 14.2. The highest BCUT2D eigenvalue weighted by Gasteiger charge is 2.08. The fourth-order valence-electron chi connectivity index (χ4n) is 1.20. The lowest BCUT2D eigenvalue weighted by molar-refractivity contribution is -0.129. The maximum Gasteiger partial charge on any atom is 0.270 e. The summed E-state index contributed by atoms with van der Waals surface area (Å²) in [5.74, 6) is 1.65. The Hall–Kier alpha value is -1.91. The predicted molar refractivity (Wildman–Crippen MR) is 66.2 cm³/mol. The smallest absolute Gasteiger partial charge is 0.270 e. The van der Waals surface area contributed by atoms with E-state index in [1.807, 2.05) is 0 Å². The van der Waals surface area contributed by atoms with Crippen molar-refractivity contribution in [2.75, 3.05) is 6.54 Å². The molecule has 0 saturated carbocycles. The van der Waals surface area contributed by atoms with E-state index in [-0.39, 0.29) is 12.3 Å². The van der Waals surface area contributed by atoms with E-state index in [2.05, 4.69) is 16.2 Å². The Kier molecular flexibility index (Phi) is 5.84. The summed E-state index contributed by atoms with van der Waals surface area (Å²) in [5.41, 5.74) is 1.85. The average Bonchev–Trinajstić information content (AvgIpc) is 2.86. The number of hydrogen-bond donors (Lipinski definition) is 3. The normalized spacial score (nSPS) is 9.56. The van der Waals surface area contributed by atoms with E-state index in [1.54, 1.807) is 10.9 Å². The van der Waals surface area contributed by atoms with Gasteiger partial charge < -0.3 is 5.32 Å². The van der Waals surface area contributed by atoms with Gasteiger partial charge in [-0.3, -0.25) is 14.8 Å². The molecule has 0 fully saturated rings. The van der Waals surface area contributed by atoms with Crippen molar-refractivity contribution in [2.45, 2.75) is 19.3 Å². The number of hydrogen-bond acceptors (Lipinski definition) is 5. The monoisotopic (exact) mass is 267 g/mol. The molecule has 6 nitrogen and oxygen atoms in total. The molecule has 0 saturated heterocycles. The molecule has 0 bridgehead atoms. The number of hydroxylamine groups is 1. The summed E-state index contributed by atoms with van der Waals surface area (Å²) < 4.78 is 0. The van der Waals surface area contributed by atoms with Gasteiger partial charge in [-0.15, -0.1) is 17.8 Å². The van der Waals surface area contributed by atoms with Gasteiger partial charge in [-0.05, 0) is 18.8 Å². The molecule has 18 heavy (non-hydrogen) atoms. The number of carbonyl (C=O) groups excluding carboxylic acids is 2. The maximum atomic E-state index is 11.6. The second-order valence-electron chi connectivity index (χ2n) is 3.43. The van der Waals surface area contributed by atoms with Crippen LogP contribution in [0.25, 0.3) is 0 Å². The van der Waals surface area contributed by atoms with E-state index in [4.69, 9.17) is 11.6 Å². The second kappa shape index (κ2) is 7.42. The molecule has 0 aliphatic carbocycles. The fourth-order valence-corrected chi connectivity index (χ4v) is 1.81. The molecule has 0 aliphatic heterocycles. The van der Waals surface area contributed by atoms with Gasteiger partial charge in [0.2, 0.25) is 5.91 Å². The van der Waals surface area contributed by atoms with Gasteiger partial charge in [0.25, 0.3) is 5.91 Å². The molecule has 0 radical (unpaired) electrons. The van der Waals surface area contributed by atoms with Crippen LogP contribution < -0.4 is 10.8 Å². The molecule has 1 rings (SSSR count). The number of nitrogens with zero attached hydrogens (tertiary/aromatic N) is 1. The van der Waals surface area contributed by atoms with Crippen molar-refractivity contribution < 1.29 is 14.8 Å². The van der Waals surface area contributed by atoms with E-state index in [0.717, 1.165) is 0 Å². The molecule has 1 heterocycles. The largest absolute Gasteiger partial charge is 0.351 e. The summed E-state index contributed by atoms with van der Waals surface area (Å²) >= 11 is 1.24. The third-order valence-corrected chi connectivity index (χ3v) is 2.87. The van der Waals surface area contributed by atoms with Crippen molar-refractivity contribution >= 4 is 23.2 Å². The molecule has 7 heteroatoms. The van der Waals surface area contributed by atoms with Gasteiger partial charge >= 0.3 is 0 Å². The molecule has 1 aromatic heterocycles. The Morgan fingerprint density at radius 1 is 1.50 bits per heavy atom. The van der Waals surface area contributed by atoms with Gasteiger partial charge in [0.05, 0.1) is 0 Å². The minimum Gasteiger partial charge on any atom is -0.351 e. The molecule has 0 aromatic carbocycles. The Morgan fingerprint density at radius 3 is 2.89 bits per heavy atom. The molecular formula is C11H13N3O3S. The molecular weight excluding hydrogens is 254 g/mol. The van der Waals surface area contributed by atoms with Crippen molar-refractivity contribution in [1.82, 2.24) is 15.8 Å². The molecule has 0 unspecified atom stereocenters. The van der Waals surface area contributed by atoms with Gasteiger partial charge in [0, 0.05) is 18.3 Å². The summed E-state index contributed by atoms with van der Waals surface area (Å²) in [5, 5.41) is 13.0. The highest BCUT2D eigenvalue weighted by Crippen LogP contribution is 2.07. The highest BCUT2D eigenvalue weighted by molar-refractivity contribution is 7.10. The summed E-state index contributed by atoms with van der Waals surface area (Å²) in [7, 11) is 0. The number of rotatable bonds is 6. The summed E-state index contributed by atoms with van der Waals surface area (Å²) in [6, 6.07) is 0. The standard InChI is InChI=1S/C11H13N3O3S/c1-2-10-13-8(7-18-10)11(16)12-6-4-3-5-9(15)14-17/h1,7,17H,3-6H2,(H,12,16)(H,14,15). The number of amides is 2. The van der Waals surface area contributed by atoms with Crippen LogP contribution in [0.3, 0.4) is 0 Å². The number of aromatic nitrogens is 1. The number of carbonyl (C=O) groups is 2. The van der Waals surface area contributed by atoms with Gasteiger partial charge in [-0.25, -0.2) is 10.5 Å². The van der Waals surface area contributed by atoms with Gasteiger partial charge in [0.1, 0.15) is 5.69 Å². The van der Waals surface area contributed by atoms with E-state index in [0.29, 0.717) is 30.1 Å². The minimum absolute atomic E-state index is 0.227. The van der Waals surface area contributed by atoms with E-state index in [9.17, 15) is 9.59 Å². The van der Waals surface area contributed by atoms with Crippen LogP contribution in [0.1, 0.15) is 34.8 Å². The predicted octanol–water partition coefficient (Wildman–Crippen LogP) is 0.530. The highest BCUT2D eigenvalue weighted by atomic mass is 32.1. The molecule has 1 aromatic rings. The Balaban J connectivity index is 2.22. The van der Waals surface area contributed by atoms with Crippen LogP contribution >= 0.6 is 11.3 Å². The van der Waals surface area contributed by atoms with Crippen LogP contribution in [0.4, 0.5) is 0 Å². The van der Waals surface area contributed by atoms with E-state index < -0.39 is 5.91 Å². The number of thiazole rings is 1. The van der Waals surface area contributed by atoms with Gasteiger partial charge in [-0.2, -0.15) is 0 Å². The van der Waals surface area contributed by atoms with Crippen LogP contribution in [0.5, 0.6) is 0 Å². The SMILES string of the molecule is C#Cc1nc(C(=O)NCCCCC(=O)NO)cs1. The third kappa shape index (κ3) is 4.53. The maximum absolute atomic E-state index is 11.6. The van der Waals surface area contributed by atoms with Crippen molar-refractivity contribution in [2.24, 2.45) is 0 Å². The van der Waals surface area contributed by atoms with Crippen LogP contribution in [-0.2, 0) is 4.79 Å². The van der Waals surface area contributed by atoms with Crippen LogP contribution in [0, 0.1) is 12.3 Å². The molecule has 0 aliphatic rings. The fraction of sp³-hybridized carbons (Fsp3) is 0.364. The van der Waals surface area contributed by atoms with Gasteiger partial charge in [0.15, 0.2) is 5.01 Å². The summed E-state index contributed by atoms with van der Waals surface area (Å²) in [4.78, 5) is 26.2. The molecule has 96 valence electrons. The van der Waals surface area contributed by atoms with E-state index >= 15 is 0 Å². The average molecular weight is 267 g/mol. The Bertz CT molecular complexity index is 464. The van der Waals surface area contributed by atoms with Crippen LogP contribution in [0.15, 0.2) is 5.38 Å². The Labute approximate surface area is 108 Å². The zero-order valence-electron chi connectivity index (χ0n) is 9.60. The lowest BCUT2D eigenvalue weighted by Gasteiger charge is -2.02. The van der Waals surface area contributed by atoms with Crippen molar-refractivity contribution in [1.29, 1.82) is 0 Å². The topological polar surface area (TPSA) is 91.3 Å². The van der Waals surface area contributed by atoms with Crippen LogP contribution in [-0.4, -0.2) is 28.6 Å². The Morgan fingerprint density at radius 2 is 2.28 bits per heavy atom. The zero-order chi connectivity index (χ0) is 13.4. The molecule has 0 spiro atoms. The lowest BCUT2D eigenvalue weighted by Crippen LogP contribution is -2.25. The molecule has 3 N–H and O–H groups in total. The summed E-state index contributed by atoms with van der Waals surface area (Å²) in [6.45, 7) is 0.445. The molecule has 0 atom stereocenters. The lowest BCUT2D eigenvalue weighted by atomic mass is 10.2. The quantitative estimate of drug-likeness (QED) is 0.303. The summed E-state index contributed by atoms with van der Waals surface area (Å²) in [6.07, 6.45) is 6.61. The minimum atomic E-state index is -0.431. The molecule has 2 amide bonds. The zero-order valence-corrected chi connectivity index (χ0v) is 10.4. The van der Waals surface area contributed by atoms with Crippen molar-refractivity contribution in [3.05, 3.63) is 16.1 Å². The first-order chi connectivity index (χ1) is 8.67. The number of terminal acetylenes is 1. The first-order valence-electron chi connectivity index (χ1n) is 5.30. The first-order valence-corrected chi connectivity index (χ1v) is 6.18. The third-order valence-electron chi connectivity index (χ3n) is 2.10. The van der Waals surface area contributed by atoms with Crippen molar-refractivity contribution in [3.63, 3.8) is 0 Å². The number of unbranched alkanes of at least 4 members (excludes halogenated alkanes) is 1. The van der Waals surface area contributed by atoms with Crippen LogP contribution in [0.2, 0.25) is 0 Å². The number of nitrogens with one attached hydrogen (secondary N) is 2. The second-order valence-corrected chi connectivity index (χ2v) is 4.29. The van der Waals surface area contributed by atoms with Crippen molar-refractivity contribution in [3.8, 4) is 12.3 Å². The van der Waals surface area contributed by atoms with Gasteiger partial charge in [-0.1, -0.05) is 0 Å².